The van der Waals surface area contributed by atoms with E-state index in [2.05, 4.69) is 10.6 Å². The number of aryl methyl sites for hydroxylation is 1. The highest BCUT2D eigenvalue weighted by Crippen LogP contribution is 2.25. The summed E-state index contributed by atoms with van der Waals surface area (Å²) in [6.07, 6.45) is 6.97. The van der Waals surface area contributed by atoms with E-state index in [0.29, 0.717) is 36.7 Å². The first-order chi connectivity index (χ1) is 14.1. The van der Waals surface area contributed by atoms with E-state index in [-0.39, 0.29) is 11.8 Å². The Labute approximate surface area is 172 Å². The first-order valence-electron chi connectivity index (χ1n) is 10.6. The van der Waals surface area contributed by atoms with Crippen LogP contribution in [0.2, 0.25) is 0 Å². The molecule has 0 bridgehead atoms. The van der Waals surface area contributed by atoms with Crippen molar-refractivity contribution in [3.8, 4) is 5.75 Å². The molecule has 5 nitrogen and oxygen atoms in total. The van der Waals surface area contributed by atoms with Crippen LogP contribution in [0, 0.1) is 0 Å². The van der Waals surface area contributed by atoms with Gasteiger partial charge in [0.1, 0.15) is 5.75 Å². The predicted octanol–water partition coefficient (Wildman–Crippen LogP) is 4.72. The molecular weight excluding hydrogens is 364 g/mol. The minimum Gasteiger partial charge on any atom is -0.490 e. The maximum atomic E-state index is 12.4. The van der Waals surface area contributed by atoms with Gasteiger partial charge in [0.15, 0.2) is 0 Å². The third kappa shape index (κ3) is 6.63. The van der Waals surface area contributed by atoms with Gasteiger partial charge in [0, 0.05) is 24.2 Å². The first kappa shape index (κ1) is 20.9. The maximum absolute atomic E-state index is 12.4. The van der Waals surface area contributed by atoms with Crippen LogP contribution in [0.5, 0.6) is 5.75 Å². The molecule has 2 amide bonds. The Morgan fingerprint density at radius 3 is 2.66 bits per heavy atom. The SMILES string of the molecule is CCCNC(=O)c1cccc(NC(=O)CCc2cccc(OC3CCCC3)c2)c1. The summed E-state index contributed by atoms with van der Waals surface area (Å²) in [6, 6.07) is 15.0. The zero-order valence-electron chi connectivity index (χ0n) is 17.1. The molecule has 0 atom stereocenters. The molecule has 0 aromatic heterocycles. The minimum atomic E-state index is -0.123. The zero-order chi connectivity index (χ0) is 20.5. The van der Waals surface area contributed by atoms with E-state index in [1.54, 1.807) is 24.3 Å². The predicted molar refractivity (Wildman–Crippen MR) is 115 cm³/mol. The molecule has 0 unspecified atom stereocenters. The van der Waals surface area contributed by atoms with Crippen LogP contribution in [0.25, 0.3) is 0 Å². The largest absolute Gasteiger partial charge is 0.490 e. The Morgan fingerprint density at radius 2 is 1.86 bits per heavy atom. The van der Waals surface area contributed by atoms with Crippen LogP contribution in [0.15, 0.2) is 48.5 Å². The van der Waals surface area contributed by atoms with Crippen molar-refractivity contribution in [1.82, 2.24) is 5.32 Å². The summed E-state index contributed by atoms with van der Waals surface area (Å²) in [6.45, 7) is 2.65. The molecule has 1 aliphatic carbocycles. The van der Waals surface area contributed by atoms with Crippen molar-refractivity contribution in [2.24, 2.45) is 0 Å². The highest BCUT2D eigenvalue weighted by molar-refractivity contribution is 5.97. The molecule has 29 heavy (non-hydrogen) atoms. The fourth-order valence-corrected chi connectivity index (χ4v) is 3.53. The van der Waals surface area contributed by atoms with Crippen molar-refractivity contribution in [3.63, 3.8) is 0 Å². The summed E-state index contributed by atoms with van der Waals surface area (Å²) in [4.78, 5) is 24.4. The number of nitrogens with one attached hydrogen (secondary N) is 2. The molecule has 0 saturated heterocycles. The van der Waals surface area contributed by atoms with E-state index in [4.69, 9.17) is 4.74 Å². The fraction of sp³-hybridized carbons (Fsp3) is 0.417. The van der Waals surface area contributed by atoms with Gasteiger partial charge >= 0.3 is 0 Å². The molecule has 5 heteroatoms. The summed E-state index contributed by atoms with van der Waals surface area (Å²) in [5.41, 5.74) is 2.27. The number of rotatable bonds is 9. The molecule has 1 fully saturated rings. The van der Waals surface area contributed by atoms with Crippen molar-refractivity contribution in [1.29, 1.82) is 0 Å². The number of carbonyl (C=O) groups is 2. The lowest BCUT2D eigenvalue weighted by molar-refractivity contribution is -0.116. The van der Waals surface area contributed by atoms with Crippen LogP contribution in [0.3, 0.4) is 0 Å². The third-order valence-electron chi connectivity index (χ3n) is 5.09. The van der Waals surface area contributed by atoms with E-state index in [0.717, 1.165) is 30.6 Å². The monoisotopic (exact) mass is 394 g/mol. The van der Waals surface area contributed by atoms with Crippen LogP contribution in [0.4, 0.5) is 5.69 Å². The number of benzene rings is 2. The number of hydrogen-bond donors (Lipinski definition) is 2. The van der Waals surface area contributed by atoms with Gasteiger partial charge in [-0.25, -0.2) is 0 Å². The lowest BCUT2D eigenvalue weighted by atomic mass is 10.1. The van der Waals surface area contributed by atoms with Crippen molar-refractivity contribution >= 4 is 17.5 Å². The van der Waals surface area contributed by atoms with Gasteiger partial charge in [-0.3, -0.25) is 9.59 Å². The first-order valence-corrected chi connectivity index (χ1v) is 10.6. The summed E-state index contributed by atoms with van der Waals surface area (Å²) in [7, 11) is 0. The summed E-state index contributed by atoms with van der Waals surface area (Å²) >= 11 is 0. The van der Waals surface area contributed by atoms with Gasteiger partial charge in [-0.05, 0) is 74.4 Å². The molecule has 0 radical (unpaired) electrons. The highest BCUT2D eigenvalue weighted by Gasteiger charge is 2.16. The average Bonchev–Trinajstić information content (AvgIpc) is 3.24. The lowest BCUT2D eigenvalue weighted by Gasteiger charge is -2.14. The van der Waals surface area contributed by atoms with Crippen LogP contribution in [0.1, 0.15) is 61.4 Å². The van der Waals surface area contributed by atoms with Crippen LogP contribution < -0.4 is 15.4 Å². The van der Waals surface area contributed by atoms with E-state index < -0.39 is 0 Å². The topological polar surface area (TPSA) is 67.4 Å². The number of carbonyl (C=O) groups excluding carboxylic acids is 2. The van der Waals surface area contributed by atoms with Gasteiger partial charge in [-0.1, -0.05) is 25.1 Å². The van der Waals surface area contributed by atoms with E-state index in [9.17, 15) is 9.59 Å². The van der Waals surface area contributed by atoms with Crippen molar-refractivity contribution in [2.45, 2.75) is 58.0 Å². The standard InChI is InChI=1S/C24H30N2O3/c1-2-15-25-24(28)19-8-6-9-20(17-19)26-23(27)14-13-18-7-5-12-22(16-18)29-21-10-3-4-11-21/h5-9,12,16-17,21H,2-4,10-11,13-15H2,1H3,(H,25,28)(H,26,27). The molecule has 3 rings (SSSR count). The lowest BCUT2D eigenvalue weighted by Crippen LogP contribution is -2.24. The second kappa shape index (κ2) is 10.6. The zero-order valence-corrected chi connectivity index (χ0v) is 17.1. The Balaban J connectivity index is 1.50. The quantitative estimate of drug-likeness (QED) is 0.647. The molecule has 154 valence electrons. The number of amides is 2. The molecule has 2 N–H and O–H groups in total. The van der Waals surface area contributed by atoms with Crippen LogP contribution >= 0.6 is 0 Å². The Hall–Kier alpha value is -2.82. The Kier molecular flexibility index (Phi) is 7.68. The van der Waals surface area contributed by atoms with Gasteiger partial charge in [0.25, 0.3) is 5.91 Å². The van der Waals surface area contributed by atoms with Gasteiger partial charge < -0.3 is 15.4 Å². The van der Waals surface area contributed by atoms with Crippen LogP contribution in [-0.2, 0) is 11.2 Å². The van der Waals surface area contributed by atoms with Gasteiger partial charge in [0.2, 0.25) is 5.91 Å². The normalized spacial score (nSPS) is 13.8. The Bertz CT molecular complexity index is 828. The van der Waals surface area contributed by atoms with Gasteiger partial charge in [-0.15, -0.1) is 0 Å². The summed E-state index contributed by atoms with van der Waals surface area (Å²) < 4.78 is 6.04. The molecule has 1 saturated carbocycles. The number of hydrogen-bond acceptors (Lipinski definition) is 3. The summed E-state index contributed by atoms with van der Waals surface area (Å²) in [5.74, 6) is 0.695. The van der Waals surface area contributed by atoms with Crippen molar-refractivity contribution in [3.05, 3.63) is 59.7 Å². The van der Waals surface area contributed by atoms with E-state index >= 15 is 0 Å². The smallest absolute Gasteiger partial charge is 0.251 e. The molecule has 0 heterocycles. The molecule has 0 spiro atoms. The maximum Gasteiger partial charge on any atom is 0.251 e. The number of ether oxygens (including phenoxy) is 1. The minimum absolute atomic E-state index is 0.0711. The highest BCUT2D eigenvalue weighted by atomic mass is 16.5. The molecular formula is C24H30N2O3. The summed E-state index contributed by atoms with van der Waals surface area (Å²) in [5, 5.41) is 5.73. The Morgan fingerprint density at radius 1 is 1.07 bits per heavy atom. The van der Waals surface area contributed by atoms with E-state index in [1.165, 1.54) is 12.8 Å². The average molecular weight is 395 g/mol. The van der Waals surface area contributed by atoms with Gasteiger partial charge in [0.05, 0.1) is 6.10 Å². The molecule has 2 aromatic carbocycles. The fourth-order valence-electron chi connectivity index (χ4n) is 3.53. The molecule has 0 aliphatic heterocycles. The molecule has 2 aromatic rings. The van der Waals surface area contributed by atoms with E-state index in [1.807, 2.05) is 31.2 Å². The van der Waals surface area contributed by atoms with Gasteiger partial charge in [-0.2, -0.15) is 0 Å². The van der Waals surface area contributed by atoms with Crippen molar-refractivity contribution < 1.29 is 14.3 Å². The molecule has 1 aliphatic rings. The second-order valence-electron chi connectivity index (χ2n) is 7.56. The van der Waals surface area contributed by atoms with Crippen LogP contribution in [-0.4, -0.2) is 24.5 Å². The number of anilines is 1. The van der Waals surface area contributed by atoms with Crippen molar-refractivity contribution in [2.75, 3.05) is 11.9 Å². The third-order valence-corrected chi connectivity index (χ3v) is 5.09. The second-order valence-corrected chi connectivity index (χ2v) is 7.56.